The van der Waals surface area contributed by atoms with E-state index in [0.29, 0.717) is 17.0 Å². The third-order valence-electron chi connectivity index (χ3n) is 3.69. The minimum atomic E-state index is 0.521. The molecule has 0 N–H and O–H groups in total. The number of rotatable bonds is 2. The number of aromatic nitrogens is 4. The zero-order valence-corrected chi connectivity index (χ0v) is 11.4. The van der Waals surface area contributed by atoms with Crippen LogP contribution in [-0.4, -0.2) is 32.2 Å². The topological polar surface area (TPSA) is 46.3 Å². The summed E-state index contributed by atoms with van der Waals surface area (Å²) in [7, 11) is 0. The fourth-order valence-corrected chi connectivity index (χ4v) is 2.92. The molecule has 1 aliphatic rings. The van der Waals surface area contributed by atoms with Gasteiger partial charge in [-0.2, -0.15) is 19.6 Å². The molecule has 6 heteroatoms. The molecule has 1 atom stereocenters. The molecule has 2 aromatic rings. The molecule has 0 amide bonds. The van der Waals surface area contributed by atoms with Crippen molar-refractivity contribution in [2.75, 3.05) is 11.4 Å². The Morgan fingerprint density at radius 3 is 3.11 bits per heavy atom. The minimum absolute atomic E-state index is 0.521. The van der Waals surface area contributed by atoms with Crippen LogP contribution in [0.25, 0.3) is 5.78 Å². The third kappa shape index (κ3) is 1.65. The maximum absolute atomic E-state index is 6.20. The van der Waals surface area contributed by atoms with Crippen LogP contribution < -0.4 is 4.90 Å². The Morgan fingerprint density at radius 2 is 2.33 bits per heavy atom. The smallest absolute Gasteiger partial charge is 0.255 e. The molecule has 1 fully saturated rings. The van der Waals surface area contributed by atoms with Crippen molar-refractivity contribution >= 4 is 23.2 Å². The van der Waals surface area contributed by atoms with E-state index in [1.54, 1.807) is 4.52 Å². The van der Waals surface area contributed by atoms with E-state index in [0.717, 1.165) is 24.3 Å². The van der Waals surface area contributed by atoms with E-state index in [1.165, 1.54) is 19.2 Å². The molecule has 96 valence electrons. The van der Waals surface area contributed by atoms with Crippen LogP contribution in [0.15, 0.2) is 6.33 Å². The van der Waals surface area contributed by atoms with Crippen molar-refractivity contribution in [3.8, 4) is 0 Å². The summed E-state index contributed by atoms with van der Waals surface area (Å²) in [6.07, 6.45) is 5.11. The molecule has 3 rings (SSSR count). The summed E-state index contributed by atoms with van der Waals surface area (Å²) >= 11 is 6.20. The molecular formula is C12H16ClN5. The Labute approximate surface area is 111 Å². The summed E-state index contributed by atoms with van der Waals surface area (Å²) in [6, 6.07) is 0.564. The van der Waals surface area contributed by atoms with Gasteiger partial charge in [0.25, 0.3) is 5.78 Å². The molecule has 1 aliphatic heterocycles. The van der Waals surface area contributed by atoms with Gasteiger partial charge < -0.3 is 4.90 Å². The van der Waals surface area contributed by atoms with Crippen LogP contribution in [-0.2, 0) is 0 Å². The van der Waals surface area contributed by atoms with Gasteiger partial charge in [-0.15, -0.1) is 0 Å². The summed E-state index contributed by atoms with van der Waals surface area (Å²) in [5.41, 5.74) is 0.981. The number of nitrogens with zero attached hydrogens (tertiary/aromatic N) is 5. The average molecular weight is 266 g/mol. The largest absolute Gasteiger partial charge is 0.353 e. The molecule has 0 saturated carbocycles. The molecule has 0 aliphatic carbocycles. The summed E-state index contributed by atoms with van der Waals surface area (Å²) in [5.74, 6) is 1.62. The zero-order chi connectivity index (χ0) is 12.7. The Kier molecular flexibility index (Phi) is 2.86. The molecule has 0 aromatic carbocycles. The number of hydrogen-bond donors (Lipinski definition) is 0. The number of halogens is 1. The SMILES string of the molecule is CCC1CCCN1c1c(C)c(Cl)nc2ncnn12. The van der Waals surface area contributed by atoms with Gasteiger partial charge in [0.2, 0.25) is 0 Å². The van der Waals surface area contributed by atoms with Crippen LogP contribution in [0.2, 0.25) is 5.15 Å². The molecule has 2 aromatic heterocycles. The predicted octanol–water partition coefficient (Wildman–Crippen LogP) is 2.46. The lowest BCUT2D eigenvalue weighted by molar-refractivity contribution is 0.631. The van der Waals surface area contributed by atoms with E-state index < -0.39 is 0 Å². The molecule has 18 heavy (non-hydrogen) atoms. The number of hydrogen-bond acceptors (Lipinski definition) is 4. The zero-order valence-electron chi connectivity index (χ0n) is 10.6. The normalized spacial score (nSPS) is 19.9. The van der Waals surface area contributed by atoms with Gasteiger partial charge in [-0.05, 0) is 26.2 Å². The van der Waals surface area contributed by atoms with E-state index >= 15 is 0 Å². The first-order chi connectivity index (χ1) is 8.72. The molecule has 5 nitrogen and oxygen atoms in total. The highest BCUT2D eigenvalue weighted by Gasteiger charge is 2.27. The highest BCUT2D eigenvalue weighted by atomic mass is 35.5. The van der Waals surface area contributed by atoms with Gasteiger partial charge in [-0.25, -0.2) is 0 Å². The monoisotopic (exact) mass is 265 g/mol. The quantitative estimate of drug-likeness (QED) is 0.783. The van der Waals surface area contributed by atoms with Crippen LogP contribution in [0.5, 0.6) is 0 Å². The highest BCUT2D eigenvalue weighted by molar-refractivity contribution is 6.30. The van der Waals surface area contributed by atoms with Gasteiger partial charge in [0.1, 0.15) is 17.3 Å². The first-order valence-corrected chi connectivity index (χ1v) is 6.72. The second-order valence-electron chi connectivity index (χ2n) is 4.72. The van der Waals surface area contributed by atoms with Crippen molar-refractivity contribution in [3.63, 3.8) is 0 Å². The van der Waals surface area contributed by atoms with Gasteiger partial charge in [-0.3, -0.25) is 0 Å². The average Bonchev–Trinajstić information content (AvgIpc) is 2.98. The van der Waals surface area contributed by atoms with E-state index in [4.69, 9.17) is 11.6 Å². The lowest BCUT2D eigenvalue weighted by Gasteiger charge is -2.27. The van der Waals surface area contributed by atoms with Crippen LogP contribution in [0.4, 0.5) is 5.82 Å². The van der Waals surface area contributed by atoms with E-state index in [1.807, 2.05) is 6.92 Å². The first-order valence-electron chi connectivity index (χ1n) is 6.35. The van der Waals surface area contributed by atoms with Gasteiger partial charge >= 0.3 is 0 Å². The van der Waals surface area contributed by atoms with Crippen LogP contribution in [0.1, 0.15) is 31.7 Å². The summed E-state index contributed by atoms with van der Waals surface area (Å²) in [6.45, 7) is 5.27. The van der Waals surface area contributed by atoms with E-state index in [9.17, 15) is 0 Å². The molecule has 1 unspecified atom stereocenters. The van der Waals surface area contributed by atoms with Crippen LogP contribution in [0.3, 0.4) is 0 Å². The Hall–Kier alpha value is -1.36. The molecule has 0 spiro atoms. The van der Waals surface area contributed by atoms with Crippen molar-refractivity contribution < 1.29 is 0 Å². The molecule has 1 saturated heterocycles. The van der Waals surface area contributed by atoms with E-state index in [2.05, 4.69) is 26.9 Å². The number of anilines is 1. The second kappa shape index (κ2) is 4.39. The second-order valence-corrected chi connectivity index (χ2v) is 5.08. The molecule has 3 heterocycles. The maximum Gasteiger partial charge on any atom is 0.255 e. The predicted molar refractivity (Wildman–Crippen MR) is 71.2 cm³/mol. The summed E-state index contributed by atoms with van der Waals surface area (Å²) < 4.78 is 1.80. The standard InChI is InChI=1S/C12H16ClN5/c1-3-9-5-4-6-17(9)11-8(2)10(13)16-12-14-7-15-18(11)12/h7,9H,3-6H2,1-2H3. The van der Waals surface area contributed by atoms with Crippen molar-refractivity contribution in [1.82, 2.24) is 19.6 Å². The Balaban J connectivity index is 2.20. The van der Waals surface area contributed by atoms with Gasteiger partial charge in [-0.1, -0.05) is 18.5 Å². The maximum atomic E-state index is 6.20. The number of fused-ring (bicyclic) bond motifs is 1. The fraction of sp³-hybridized carbons (Fsp3) is 0.583. The Morgan fingerprint density at radius 1 is 1.50 bits per heavy atom. The lowest BCUT2D eigenvalue weighted by Crippen LogP contribution is -2.31. The summed E-state index contributed by atoms with van der Waals surface area (Å²) in [5, 5.41) is 4.80. The van der Waals surface area contributed by atoms with Crippen LogP contribution in [0, 0.1) is 6.92 Å². The van der Waals surface area contributed by atoms with Crippen molar-refractivity contribution in [3.05, 3.63) is 17.0 Å². The third-order valence-corrected chi connectivity index (χ3v) is 4.06. The highest BCUT2D eigenvalue weighted by Crippen LogP contribution is 2.32. The van der Waals surface area contributed by atoms with Gasteiger partial charge in [0, 0.05) is 18.2 Å². The first kappa shape index (κ1) is 11.7. The van der Waals surface area contributed by atoms with Crippen molar-refractivity contribution in [1.29, 1.82) is 0 Å². The molecular weight excluding hydrogens is 250 g/mol. The lowest BCUT2D eigenvalue weighted by atomic mass is 10.1. The minimum Gasteiger partial charge on any atom is -0.353 e. The summed E-state index contributed by atoms with van der Waals surface area (Å²) in [4.78, 5) is 10.8. The Bertz CT molecular complexity index is 579. The van der Waals surface area contributed by atoms with Crippen LogP contribution >= 0.6 is 11.6 Å². The fourth-order valence-electron chi connectivity index (χ4n) is 2.76. The van der Waals surface area contributed by atoms with Gasteiger partial charge in [0.05, 0.1) is 0 Å². The molecule has 0 radical (unpaired) electrons. The van der Waals surface area contributed by atoms with Crippen molar-refractivity contribution in [2.45, 2.75) is 39.2 Å². The van der Waals surface area contributed by atoms with Crippen molar-refractivity contribution in [2.24, 2.45) is 0 Å². The van der Waals surface area contributed by atoms with E-state index in [-0.39, 0.29) is 0 Å². The van der Waals surface area contributed by atoms with Gasteiger partial charge in [0.15, 0.2) is 0 Å². The molecule has 0 bridgehead atoms.